The van der Waals surface area contributed by atoms with Crippen molar-refractivity contribution in [1.29, 1.82) is 0 Å². The van der Waals surface area contributed by atoms with Crippen molar-refractivity contribution in [3.8, 4) is 17.1 Å². The Morgan fingerprint density at radius 3 is 2.61 bits per heavy atom. The monoisotopic (exact) mass is 310 g/mol. The zero-order valence-electron chi connectivity index (χ0n) is 12.1. The van der Waals surface area contributed by atoms with Crippen LogP contribution in [0, 0.1) is 0 Å². The lowest BCUT2D eigenvalue weighted by molar-refractivity contribution is -0.117. The van der Waals surface area contributed by atoms with Crippen LogP contribution in [0.1, 0.15) is 10.5 Å². The minimum Gasteiger partial charge on any atom is -0.463 e. The fourth-order valence-corrected chi connectivity index (χ4v) is 2.11. The van der Waals surface area contributed by atoms with Crippen molar-refractivity contribution in [1.82, 2.24) is 15.1 Å². The molecule has 0 aliphatic heterocycles. The molecule has 2 heterocycles. The molecule has 0 aliphatic carbocycles. The molecule has 0 radical (unpaired) electrons. The molecule has 7 nitrogen and oxygen atoms in total. The van der Waals surface area contributed by atoms with E-state index in [0.717, 1.165) is 5.69 Å². The number of carbonyl (C=O) groups is 2. The quantitative estimate of drug-likeness (QED) is 0.742. The number of benzene rings is 1. The standard InChI is InChI=1S/C16H14N4O3/c17-15(21)10-18-16(22)13-9-12(14-7-4-8-23-14)19-20(13)11-5-2-1-3-6-11/h1-9H,10H2,(H2,17,21)(H,18,22). The van der Waals surface area contributed by atoms with Gasteiger partial charge in [0, 0.05) is 6.07 Å². The second kappa shape index (κ2) is 6.18. The molecule has 23 heavy (non-hydrogen) atoms. The molecule has 0 fully saturated rings. The minimum absolute atomic E-state index is 0.241. The van der Waals surface area contributed by atoms with E-state index in [4.69, 9.17) is 10.2 Å². The molecular weight excluding hydrogens is 296 g/mol. The van der Waals surface area contributed by atoms with E-state index >= 15 is 0 Å². The maximum absolute atomic E-state index is 12.3. The van der Waals surface area contributed by atoms with Gasteiger partial charge < -0.3 is 15.5 Å². The molecule has 1 aromatic carbocycles. The molecule has 0 saturated carbocycles. The SMILES string of the molecule is NC(=O)CNC(=O)c1cc(-c2ccco2)nn1-c1ccccc1. The van der Waals surface area contributed by atoms with Gasteiger partial charge in [0.25, 0.3) is 5.91 Å². The molecule has 2 amide bonds. The normalized spacial score (nSPS) is 10.4. The molecule has 0 atom stereocenters. The number of hydrogen-bond acceptors (Lipinski definition) is 4. The van der Waals surface area contributed by atoms with Crippen LogP contribution >= 0.6 is 0 Å². The predicted octanol–water partition coefficient (Wildman–Crippen LogP) is 1.35. The Labute approximate surface area is 131 Å². The summed E-state index contributed by atoms with van der Waals surface area (Å²) < 4.78 is 6.81. The molecular formula is C16H14N4O3. The third-order valence-corrected chi connectivity index (χ3v) is 3.14. The van der Waals surface area contributed by atoms with Crippen molar-refractivity contribution in [3.05, 3.63) is 60.5 Å². The topological polar surface area (TPSA) is 103 Å². The number of aromatic nitrogens is 2. The lowest BCUT2D eigenvalue weighted by atomic mass is 10.2. The number of primary amides is 1. The van der Waals surface area contributed by atoms with Crippen LogP contribution in [0.3, 0.4) is 0 Å². The van der Waals surface area contributed by atoms with Crippen molar-refractivity contribution in [2.75, 3.05) is 6.54 Å². The van der Waals surface area contributed by atoms with Crippen LogP contribution in [-0.2, 0) is 4.79 Å². The Morgan fingerprint density at radius 2 is 1.96 bits per heavy atom. The molecule has 116 valence electrons. The first-order valence-electron chi connectivity index (χ1n) is 6.91. The van der Waals surface area contributed by atoms with E-state index in [2.05, 4.69) is 10.4 Å². The third kappa shape index (κ3) is 3.13. The summed E-state index contributed by atoms with van der Waals surface area (Å²) in [4.78, 5) is 23.2. The molecule has 7 heteroatoms. The zero-order valence-corrected chi connectivity index (χ0v) is 12.1. The Kier molecular flexibility index (Phi) is 3.92. The van der Waals surface area contributed by atoms with Crippen LogP contribution in [0.5, 0.6) is 0 Å². The Hall–Kier alpha value is -3.35. The zero-order chi connectivity index (χ0) is 16.2. The molecule has 3 N–H and O–H groups in total. The van der Waals surface area contributed by atoms with Crippen molar-refractivity contribution >= 4 is 11.8 Å². The molecule has 0 unspecified atom stereocenters. The Balaban J connectivity index is 2.02. The Morgan fingerprint density at radius 1 is 1.17 bits per heavy atom. The van der Waals surface area contributed by atoms with Crippen LogP contribution in [0.15, 0.2) is 59.2 Å². The summed E-state index contributed by atoms with van der Waals surface area (Å²) in [5.41, 5.74) is 6.57. The maximum Gasteiger partial charge on any atom is 0.270 e. The van der Waals surface area contributed by atoms with E-state index in [1.54, 1.807) is 18.2 Å². The highest BCUT2D eigenvalue weighted by molar-refractivity contribution is 5.96. The first-order valence-corrected chi connectivity index (χ1v) is 6.91. The summed E-state index contributed by atoms with van der Waals surface area (Å²) in [6, 6.07) is 14.3. The number of carbonyl (C=O) groups excluding carboxylic acids is 2. The highest BCUT2D eigenvalue weighted by atomic mass is 16.3. The van der Waals surface area contributed by atoms with Gasteiger partial charge in [-0.15, -0.1) is 0 Å². The molecule has 0 saturated heterocycles. The fourth-order valence-electron chi connectivity index (χ4n) is 2.11. The number of nitrogens with one attached hydrogen (secondary N) is 1. The average molecular weight is 310 g/mol. The van der Waals surface area contributed by atoms with Gasteiger partial charge in [0.1, 0.15) is 11.4 Å². The van der Waals surface area contributed by atoms with Crippen LogP contribution in [0.25, 0.3) is 17.1 Å². The van der Waals surface area contributed by atoms with Crippen molar-refractivity contribution in [3.63, 3.8) is 0 Å². The fraction of sp³-hybridized carbons (Fsp3) is 0.0625. The molecule has 0 aliphatic rings. The van der Waals surface area contributed by atoms with Gasteiger partial charge in [-0.1, -0.05) is 18.2 Å². The highest BCUT2D eigenvalue weighted by Gasteiger charge is 2.18. The van der Waals surface area contributed by atoms with Crippen LogP contribution < -0.4 is 11.1 Å². The van der Waals surface area contributed by atoms with Gasteiger partial charge in [0.15, 0.2) is 5.76 Å². The largest absolute Gasteiger partial charge is 0.463 e. The van der Waals surface area contributed by atoms with Crippen LogP contribution in [0.4, 0.5) is 0 Å². The van der Waals surface area contributed by atoms with Crippen LogP contribution in [-0.4, -0.2) is 28.1 Å². The lowest BCUT2D eigenvalue weighted by Crippen LogP contribution is -2.34. The van der Waals surface area contributed by atoms with E-state index < -0.39 is 11.8 Å². The second-order valence-corrected chi connectivity index (χ2v) is 4.79. The number of rotatable bonds is 5. The average Bonchev–Trinajstić information content (AvgIpc) is 3.22. The first-order chi connectivity index (χ1) is 11.1. The van der Waals surface area contributed by atoms with E-state index in [1.165, 1.54) is 10.9 Å². The summed E-state index contributed by atoms with van der Waals surface area (Å²) >= 11 is 0. The molecule has 0 bridgehead atoms. The summed E-state index contributed by atoms with van der Waals surface area (Å²) in [7, 11) is 0. The van der Waals surface area contributed by atoms with E-state index in [9.17, 15) is 9.59 Å². The Bertz CT molecular complexity index is 822. The van der Waals surface area contributed by atoms with Gasteiger partial charge in [0.05, 0.1) is 18.5 Å². The third-order valence-electron chi connectivity index (χ3n) is 3.14. The number of nitrogens with two attached hydrogens (primary N) is 1. The predicted molar refractivity (Wildman–Crippen MR) is 82.8 cm³/mol. The van der Waals surface area contributed by atoms with E-state index in [-0.39, 0.29) is 12.2 Å². The molecule has 2 aromatic heterocycles. The maximum atomic E-state index is 12.3. The minimum atomic E-state index is -0.615. The number of hydrogen-bond donors (Lipinski definition) is 2. The van der Waals surface area contributed by atoms with Crippen LogP contribution in [0.2, 0.25) is 0 Å². The van der Waals surface area contributed by atoms with Crippen molar-refractivity contribution in [2.45, 2.75) is 0 Å². The van der Waals surface area contributed by atoms with Crippen molar-refractivity contribution in [2.24, 2.45) is 5.73 Å². The number of nitrogens with zero attached hydrogens (tertiary/aromatic N) is 2. The van der Waals surface area contributed by atoms with E-state index in [1.807, 2.05) is 30.3 Å². The number of para-hydroxylation sites is 1. The van der Waals surface area contributed by atoms with Crippen molar-refractivity contribution < 1.29 is 14.0 Å². The lowest BCUT2D eigenvalue weighted by Gasteiger charge is -2.07. The summed E-state index contributed by atoms with van der Waals surface area (Å²) in [6.07, 6.45) is 1.53. The van der Waals surface area contributed by atoms with Gasteiger partial charge in [-0.05, 0) is 24.3 Å². The number of furan rings is 1. The van der Waals surface area contributed by atoms with Gasteiger partial charge in [-0.3, -0.25) is 9.59 Å². The summed E-state index contributed by atoms with van der Waals surface area (Å²) in [5.74, 6) is -0.517. The first kappa shape index (κ1) is 14.6. The smallest absolute Gasteiger partial charge is 0.270 e. The van der Waals surface area contributed by atoms with Gasteiger partial charge in [-0.2, -0.15) is 5.10 Å². The van der Waals surface area contributed by atoms with Gasteiger partial charge in [0.2, 0.25) is 5.91 Å². The second-order valence-electron chi connectivity index (χ2n) is 4.79. The molecule has 3 rings (SSSR count). The summed E-state index contributed by atoms with van der Waals surface area (Å²) in [5, 5.41) is 6.88. The van der Waals surface area contributed by atoms with Gasteiger partial charge >= 0.3 is 0 Å². The van der Waals surface area contributed by atoms with Gasteiger partial charge in [-0.25, -0.2) is 4.68 Å². The van der Waals surface area contributed by atoms with E-state index in [0.29, 0.717) is 11.5 Å². The summed E-state index contributed by atoms with van der Waals surface area (Å²) in [6.45, 7) is -0.241. The number of amides is 2. The molecule has 0 spiro atoms. The molecule has 3 aromatic rings. The highest BCUT2D eigenvalue weighted by Crippen LogP contribution is 2.22.